The minimum atomic E-state index is -3.46. The fourth-order valence-electron chi connectivity index (χ4n) is 1.49. The molecule has 8 heteroatoms. The lowest BCUT2D eigenvalue weighted by molar-refractivity contribution is -0.142. The first kappa shape index (κ1) is 14.4. The Kier molecular flexibility index (Phi) is 5.83. The van der Waals surface area contributed by atoms with E-state index in [1.807, 2.05) is 0 Å². The Morgan fingerprint density at radius 1 is 1.41 bits per heavy atom. The van der Waals surface area contributed by atoms with Crippen LogP contribution in [0.2, 0.25) is 0 Å². The van der Waals surface area contributed by atoms with Crippen molar-refractivity contribution in [2.24, 2.45) is 0 Å². The van der Waals surface area contributed by atoms with E-state index in [-0.39, 0.29) is 13.0 Å². The van der Waals surface area contributed by atoms with E-state index in [0.29, 0.717) is 32.8 Å². The summed E-state index contributed by atoms with van der Waals surface area (Å²) in [5.74, 6) is -0.393. The van der Waals surface area contributed by atoms with Crippen molar-refractivity contribution in [3.8, 4) is 0 Å². The number of hydrogen-bond acceptors (Lipinski definition) is 5. The van der Waals surface area contributed by atoms with Crippen LogP contribution in [0.3, 0.4) is 0 Å². The molecular formula is C9H19N3O4S. The second-order valence-corrected chi connectivity index (χ2v) is 5.36. The van der Waals surface area contributed by atoms with Gasteiger partial charge in [0.2, 0.25) is 0 Å². The quantitative estimate of drug-likeness (QED) is 0.582. The number of ether oxygens (including phenoxy) is 1. The Balaban J connectivity index is 2.31. The Labute approximate surface area is 102 Å². The first-order valence-electron chi connectivity index (χ1n) is 5.67. The molecule has 7 nitrogen and oxygen atoms in total. The number of hydrogen-bond donors (Lipinski definition) is 2. The second-order valence-electron chi connectivity index (χ2n) is 3.60. The molecule has 2 N–H and O–H groups in total. The Bertz CT molecular complexity index is 338. The molecule has 0 aromatic heterocycles. The normalized spacial score (nSPS) is 17.9. The van der Waals surface area contributed by atoms with Gasteiger partial charge in [-0.2, -0.15) is 12.7 Å². The van der Waals surface area contributed by atoms with E-state index in [9.17, 15) is 13.2 Å². The number of nitrogens with one attached hydrogen (secondary N) is 2. The summed E-state index contributed by atoms with van der Waals surface area (Å²) in [5, 5.41) is 3.07. The largest absolute Gasteiger partial charge is 0.466 e. The summed E-state index contributed by atoms with van der Waals surface area (Å²) in [6, 6.07) is 0. The van der Waals surface area contributed by atoms with E-state index in [0.717, 1.165) is 0 Å². The van der Waals surface area contributed by atoms with E-state index in [4.69, 9.17) is 4.74 Å². The zero-order valence-corrected chi connectivity index (χ0v) is 10.8. The third-order valence-corrected chi connectivity index (χ3v) is 3.95. The number of esters is 1. The van der Waals surface area contributed by atoms with Crippen LogP contribution in [-0.2, 0) is 19.7 Å². The average molecular weight is 265 g/mol. The lowest BCUT2D eigenvalue weighted by Crippen LogP contribution is -2.50. The smallest absolute Gasteiger partial charge is 0.307 e. The molecule has 0 aliphatic carbocycles. The fourth-order valence-corrected chi connectivity index (χ4v) is 2.70. The van der Waals surface area contributed by atoms with Gasteiger partial charge in [-0.05, 0) is 6.92 Å². The predicted molar refractivity (Wildman–Crippen MR) is 62.6 cm³/mol. The standard InChI is InChI=1S/C9H19N3O4S/c1-2-16-9(13)3-4-11-17(14,15)12-7-5-10-6-8-12/h10-11H,2-8H2,1H3. The molecule has 0 bridgehead atoms. The van der Waals surface area contributed by atoms with Crippen molar-refractivity contribution in [3.63, 3.8) is 0 Å². The van der Waals surface area contributed by atoms with E-state index in [1.165, 1.54) is 4.31 Å². The van der Waals surface area contributed by atoms with Crippen molar-refractivity contribution >= 4 is 16.2 Å². The van der Waals surface area contributed by atoms with Gasteiger partial charge in [0.1, 0.15) is 0 Å². The van der Waals surface area contributed by atoms with Gasteiger partial charge in [0.05, 0.1) is 13.0 Å². The molecule has 0 aromatic carbocycles. The topological polar surface area (TPSA) is 87.7 Å². The lowest BCUT2D eigenvalue weighted by atomic mass is 10.4. The molecule has 0 atom stereocenters. The summed E-state index contributed by atoms with van der Waals surface area (Å²) in [5.41, 5.74) is 0. The van der Waals surface area contributed by atoms with Crippen molar-refractivity contribution in [3.05, 3.63) is 0 Å². The molecule has 1 heterocycles. The van der Waals surface area contributed by atoms with Crippen LogP contribution in [0, 0.1) is 0 Å². The Hall–Kier alpha value is -0.700. The molecule has 17 heavy (non-hydrogen) atoms. The molecule has 1 fully saturated rings. The zero-order valence-electron chi connectivity index (χ0n) is 9.94. The van der Waals surface area contributed by atoms with Gasteiger partial charge < -0.3 is 10.1 Å². The van der Waals surface area contributed by atoms with Gasteiger partial charge in [-0.3, -0.25) is 4.79 Å². The third-order valence-electron chi connectivity index (χ3n) is 2.33. The van der Waals surface area contributed by atoms with E-state index < -0.39 is 16.2 Å². The molecule has 0 unspecified atom stereocenters. The summed E-state index contributed by atoms with van der Waals surface area (Å²) in [6.07, 6.45) is 0.0547. The first-order valence-corrected chi connectivity index (χ1v) is 7.11. The molecule has 0 saturated carbocycles. The summed E-state index contributed by atoms with van der Waals surface area (Å²) in [6.45, 7) is 4.30. The zero-order chi connectivity index (χ0) is 12.7. The van der Waals surface area contributed by atoms with E-state index in [2.05, 4.69) is 10.0 Å². The van der Waals surface area contributed by atoms with Crippen molar-refractivity contribution in [2.75, 3.05) is 39.3 Å². The average Bonchev–Trinajstić information content (AvgIpc) is 2.30. The van der Waals surface area contributed by atoms with Gasteiger partial charge >= 0.3 is 5.97 Å². The SMILES string of the molecule is CCOC(=O)CCNS(=O)(=O)N1CCNCC1. The number of nitrogens with zero attached hydrogens (tertiary/aromatic N) is 1. The van der Waals surface area contributed by atoms with Gasteiger partial charge in [0.15, 0.2) is 0 Å². The van der Waals surface area contributed by atoms with Crippen molar-refractivity contribution < 1.29 is 17.9 Å². The summed E-state index contributed by atoms with van der Waals surface area (Å²) >= 11 is 0. The maximum absolute atomic E-state index is 11.8. The fraction of sp³-hybridized carbons (Fsp3) is 0.889. The van der Waals surface area contributed by atoms with Crippen molar-refractivity contribution in [2.45, 2.75) is 13.3 Å². The van der Waals surface area contributed by atoms with Crippen molar-refractivity contribution in [1.29, 1.82) is 0 Å². The number of carbonyl (C=O) groups excluding carboxylic acids is 1. The van der Waals surface area contributed by atoms with Gasteiger partial charge in [0, 0.05) is 32.7 Å². The molecule has 0 radical (unpaired) electrons. The molecule has 0 amide bonds. The van der Waals surface area contributed by atoms with E-state index >= 15 is 0 Å². The molecule has 0 aromatic rings. The maximum atomic E-state index is 11.8. The molecular weight excluding hydrogens is 246 g/mol. The van der Waals surface area contributed by atoms with Crippen LogP contribution in [-0.4, -0.2) is 58.0 Å². The highest BCUT2D eigenvalue weighted by Gasteiger charge is 2.23. The molecule has 1 saturated heterocycles. The highest BCUT2D eigenvalue weighted by molar-refractivity contribution is 7.87. The van der Waals surface area contributed by atoms with E-state index in [1.54, 1.807) is 6.92 Å². The first-order chi connectivity index (χ1) is 8.06. The molecule has 0 spiro atoms. The van der Waals surface area contributed by atoms with Gasteiger partial charge in [-0.15, -0.1) is 0 Å². The van der Waals surface area contributed by atoms with Crippen LogP contribution in [0.5, 0.6) is 0 Å². The molecule has 1 aliphatic rings. The number of carbonyl (C=O) groups is 1. The highest BCUT2D eigenvalue weighted by atomic mass is 32.2. The predicted octanol–water partition coefficient (Wildman–Crippen LogP) is -1.32. The van der Waals surface area contributed by atoms with Gasteiger partial charge in [-0.1, -0.05) is 0 Å². The Morgan fingerprint density at radius 2 is 2.06 bits per heavy atom. The van der Waals surface area contributed by atoms with Crippen LogP contribution in [0.25, 0.3) is 0 Å². The summed E-state index contributed by atoms with van der Waals surface area (Å²) < 4.78 is 32.0. The maximum Gasteiger partial charge on any atom is 0.307 e. The highest BCUT2D eigenvalue weighted by Crippen LogP contribution is 1.99. The number of piperazine rings is 1. The molecule has 100 valence electrons. The third kappa shape index (κ3) is 4.99. The van der Waals surface area contributed by atoms with Crippen LogP contribution in [0.15, 0.2) is 0 Å². The van der Waals surface area contributed by atoms with Crippen LogP contribution in [0.4, 0.5) is 0 Å². The summed E-state index contributed by atoms with van der Waals surface area (Å²) in [7, 11) is -3.46. The monoisotopic (exact) mass is 265 g/mol. The van der Waals surface area contributed by atoms with Gasteiger partial charge in [-0.25, -0.2) is 4.72 Å². The van der Waals surface area contributed by atoms with Gasteiger partial charge in [0.25, 0.3) is 10.2 Å². The number of rotatable bonds is 6. The molecule has 1 aliphatic heterocycles. The lowest BCUT2D eigenvalue weighted by Gasteiger charge is -2.26. The van der Waals surface area contributed by atoms with Crippen LogP contribution < -0.4 is 10.0 Å². The molecule has 1 rings (SSSR count). The van der Waals surface area contributed by atoms with Crippen molar-refractivity contribution in [1.82, 2.24) is 14.3 Å². The second kappa shape index (κ2) is 6.90. The Morgan fingerprint density at radius 3 is 2.65 bits per heavy atom. The summed E-state index contributed by atoms with van der Waals surface area (Å²) in [4.78, 5) is 11.0. The van der Waals surface area contributed by atoms with Crippen LogP contribution in [0.1, 0.15) is 13.3 Å². The minimum Gasteiger partial charge on any atom is -0.466 e. The minimum absolute atomic E-state index is 0.0547. The van der Waals surface area contributed by atoms with Crippen LogP contribution >= 0.6 is 0 Å².